The fourth-order valence-corrected chi connectivity index (χ4v) is 4.29. The van der Waals surface area contributed by atoms with Crippen LogP contribution in [0.4, 0.5) is 5.00 Å². The van der Waals surface area contributed by atoms with E-state index < -0.39 is 0 Å². The molecule has 1 aromatic carbocycles. The summed E-state index contributed by atoms with van der Waals surface area (Å²) < 4.78 is 5.02. The summed E-state index contributed by atoms with van der Waals surface area (Å²) in [6.45, 7) is 0. The summed E-state index contributed by atoms with van der Waals surface area (Å²) in [5, 5.41) is 0.873. The minimum absolute atomic E-state index is 0.0332. The van der Waals surface area contributed by atoms with Gasteiger partial charge >= 0.3 is 5.97 Å². The van der Waals surface area contributed by atoms with Crippen molar-refractivity contribution in [2.24, 2.45) is 5.92 Å². The van der Waals surface area contributed by atoms with Crippen LogP contribution in [-0.4, -0.2) is 33.0 Å². The normalized spacial score (nSPS) is 13.6. The molecule has 0 amide bonds. The van der Waals surface area contributed by atoms with Crippen LogP contribution in [0.5, 0.6) is 0 Å². The highest BCUT2D eigenvalue weighted by Gasteiger charge is 2.30. The third kappa shape index (κ3) is 3.93. The molecule has 0 unspecified atom stereocenters. The molecule has 0 spiro atoms. The van der Waals surface area contributed by atoms with Gasteiger partial charge in [0, 0.05) is 31.0 Å². The fraction of sp³-hybridized carbons (Fsp3) is 0.400. The topological polar surface area (TPSA) is 46.6 Å². The van der Waals surface area contributed by atoms with Crippen molar-refractivity contribution in [2.45, 2.75) is 25.7 Å². The number of carbonyl (C=O) groups is 2. The van der Waals surface area contributed by atoms with Gasteiger partial charge in [-0.05, 0) is 30.7 Å². The van der Waals surface area contributed by atoms with Gasteiger partial charge in [-0.25, -0.2) is 4.79 Å². The largest absolute Gasteiger partial charge is 0.465 e. The fourth-order valence-electron chi connectivity index (χ4n) is 2.95. The van der Waals surface area contributed by atoms with Crippen molar-refractivity contribution < 1.29 is 14.3 Å². The van der Waals surface area contributed by atoms with Crippen LogP contribution in [0, 0.1) is 5.92 Å². The van der Waals surface area contributed by atoms with E-state index in [0.717, 1.165) is 21.9 Å². The van der Waals surface area contributed by atoms with Crippen molar-refractivity contribution in [1.29, 1.82) is 0 Å². The number of carbonyl (C=O) groups excluding carboxylic acids is 2. The molecule has 2 aromatic rings. The van der Waals surface area contributed by atoms with Gasteiger partial charge in [0.05, 0.1) is 12.7 Å². The molecule has 1 aliphatic rings. The predicted molar refractivity (Wildman–Crippen MR) is 101 cm³/mol. The van der Waals surface area contributed by atoms with Gasteiger partial charge in [0.2, 0.25) is 0 Å². The standard InChI is InChI=1S/C20H23NO3S/c1-21(2)19-18(20(23)24-3)15(17(25-19)11-13-9-10-13)12-16(22)14-7-5-4-6-8-14/h4-8,13H,9-12H2,1-3H3. The Balaban J connectivity index is 2.01. The molecule has 1 aliphatic carbocycles. The first-order valence-electron chi connectivity index (χ1n) is 8.49. The number of nitrogens with zero attached hydrogens (tertiary/aromatic N) is 1. The lowest BCUT2D eigenvalue weighted by atomic mass is 9.98. The van der Waals surface area contributed by atoms with Crippen LogP contribution < -0.4 is 4.90 Å². The third-order valence-corrected chi connectivity index (χ3v) is 5.89. The Morgan fingerprint density at radius 3 is 2.44 bits per heavy atom. The summed E-state index contributed by atoms with van der Waals surface area (Å²) in [5.41, 5.74) is 2.08. The first kappa shape index (κ1) is 17.7. The molecule has 132 valence electrons. The molecule has 0 atom stereocenters. The van der Waals surface area contributed by atoms with Crippen molar-refractivity contribution in [2.75, 3.05) is 26.1 Å². The quantitative estimate of drug-likeness (QED) is 0.555. The molecule has 0 saturated heterocycles. The Hall–Kier alpha value is -2.14. The SMILES string of the molecule is COC(=O)c1c(N(C)C)sc(CC2CC2)c1CC(=O)c1ccccc1. The smallest absolute Gasteiger partial charge is 0.341 e. The lowest BCUT2D eigenvalue weighted by Gasteiger charge is -2.12. The number of methoxy groups -OCH3 is 1. The second kappa shape index (κ2) is 7.40. The summed E-state index contributed by atoms with van der Waals surface area (Å²) in [4.78, 5) is 28.3. The second-order valence-electron chi connectivity index (χ2n) is 6.68. The summed E-state index contributed by atoms with van der Waals surface area (Å²) in [6, 6.07) is 9.25. The lowest BCUT2D eigenvalue weighted by molar-refractivity contribution is 0.0601. The second-order valence-corrected chi connectivity index (χ2v) is 7.77. The maximum atomic E-state index is 12.7. The van der Waals surface area contributed by atoms with Crippen LogP contribution in [0.1, 0.15) is 44.0 Å². The molecular weight excluding hydrogens is 334 g/mol. The summed E-state index contributed by atoms with van der Waals surface area (Å²) in [5.74, 6) is 0.355. The van der Waals surface area contributed by atoms with Crippen LogP contribution >= 0.6 is 11.3 Å². The van der Waals surface area contributed by atoms with Crippen LogP contribution in [0.3, 0.4) is 0 Å². The van der Waals surface area contributed by atoms with Gasteiger partial charge < -0.3 is 9.64 Å². The minimum Gasteiger partial charge on any atom is -0.465 e. The average molecular weight is 357 g/mol. The lowest BCUT2D eigenvalue weighted by Crippen LogP contribution is -2.15. The molecule has 0 bridgehead atoms. The molecule has 1 saturated carbocycles. The molecular formula is C20H23NO3S. The van der Waals surface area contributed by atoms with Gasteiger partial charge in [0.25, 0.3) is 0 Å². The number of rotatable bonds is 7. The highest BCUT2D eigenvalue weighted by Crippen LogP contribution is 2.42. The van der Waals surface area contributed by atoms with E-state index in [1.807, 2.05) is 49.3 Å². The van der Waals surface area contributed by atoms with E-state index >= 15 is 0 Å². The van der Waals surface area contributed by atoms with Crippen molar-refractivity contribution in [3.8, 4) is 0 Å². The molecule has 0 radical (unpaired) electrons. The van der Waals surface area contributed by atoms with E-state index in [1.54, 1.807) is 11.3 Å². The Kier molecular flexibility index (Phi) is 5.23. The number of ether oxygens (including phenoxy) is 1. The maximum absolute atomic E-state index is 12.7. The van der Waals surface area contributed by atoms with Gasteiger partial charge in [0.1, 0.15) is 5.00 Å². The zero-order chi connectivity index (χ0) is 18.0. The molecule has 4 nitrogen and oxygen atoms in total. The molecule has 0 aliphatic heterocycles. The molecule has 25 heavy (non-hydrogen) atoms. The number of ketones is 1. The number of benzene rings is 1. The number of hydrogen-bond donors (Lipinski definition) is 0. The van der Waals surface area contributed by atoms with E-state index in [0.29, 0.717) is 17.0 Å². The monoisotopic (exact) mass is 357 g/mol. The Morgan fingerprint density at radius 1 is 1.20 bits per heavy atom. The van der Waals surface area contributed by atoms with E-state index in [1.165, 1.54) is 20.0 Å². The zero-order valence-corrected chi connectivity index (χ0v) is 15.7. The van der Waals surface area contributed by atoms with Crippen molar-refractivity contribution in [3.63, 3.8) is 0 Å². The van der Waals surface area contributed by atoms with Gasteiger partial charge in [0.15, 0.2) is 5.78 Å². The van der Waals surface area contributed by atoms with Crippen molar-refractivity contribution >= 4 is 28.1 Å². The number of esters is 1. The molecule has 5 heteroatoms. The molecule has 1 aromatic heterocycles. The van der Waals surface area contributed by atoms with Crippen LogP contribution in [0.15, 0.2) is 30.3 Å². The number of Topliss-reactive ketones (excluding diaryl/α,β-unsaturated/α-hetero) is 1. The van der Waals surface area contributed by atoms with E-state index in [-0.39, 0.29) is 18.2 Å². The summed E-state index contributed by atoms with van der Waals surface area (Å²) >= 11 is 1.62. The van der Waals surface area contributed by atoms with E-state index in [9.17, 15) is 9.59 Å². The molecule has 3 rings (SSSR count). The van der Waals surface area contributed by atoms with Crippen molar-refractivity contribution in [1.82, 2.24) is 0 Å². The molecule has 1 heterocycles. The number of anilines is 1. The number of hydrogen-bond acceptors (Lipinski definition) is 5. The summed E-state index contributed by atoms with van der Waals surface area (Å²) in [6.07, 6.45) is 3.64. The average Bonchev–Trinajstić information content (AvgIpc) is 3.36. The summed E-state index contributed by atoms with van der Waals surface area (Å²) in [7, 11) is 5.23. The van der Waals surface area contributed by atoms with Gasteiger partial charge in [-0.1, -0.05) is 30.3 Å². The molecule has 1 fully saturated rings. The van der Waals surface area contributed by atoms with Gasteiger partial charge in [-0.15, -0.1) is 11.3 Å². The Labute approximate surface area is 152 Å². The number of thiophene rings is 1. The Morgan fingerprint density at radius 2 is 1.88 bits per heavy atom. The maximum Gasteiger partial charge on any atom is 0.341 e. The first-order chi connectivity index (χ1) is 12.0. The zero-order valence-electron chi connectivity index (χ0n) is 14.9. The predicted octanol–water partition coefficient (Wildman–Crippen LogP) is 3.98. The van der Waals surface area contributed by atoms with Crippen molar-refractivity contribution in [3.05, 3.63) is 51.9 Å². The minimum atomic E-state index is -0.363. The first-order valence-corrected chi connectivity index (χ1v) is 9.31. The van der Waals surface area contributed by atoms with Gasteiger partial charge in [-0.2, -0.15) is 0 Å². The van der Waals surface area contributed by atoms with E-state index in [4.69, 9.17) is 4.74 Å². The third-order valence-electron chi connectivity index (χ3n) is 4.47. The van der Waals surface area contributed by atoms with Gasteiger partial charge in [-0.3, -0.25) is 4.79 Å². The van der Waals surface area contributed by atoms with Crippen LogP contribution in [0.2, 0.25) is 0 Å². The van der Waals surface area contributed by atoms with E-state index in [2.05, 4.69) is 0 Å². The van der Waals surface area contributed by atoms with Crippen LogP contribution in [0.25, 0.3) is 0 Å². The van der Waals surface area contributed by atoms with Crippen LogP contribution in [-0.2, 0) is 17.6 Å². The highest BCUT2D eigenvalue weighted by atomic mass is 32.1. The molecule has 0 N–H and O–H groups in total. The highest BCUT2D eigenvalue weighted by molar-refractivity contribution is 7.16. The Bertz CT molecular complexity index is 776.